The normalized spacial score (nSPS) is 11.3. The van der Waals surface area contributed by atoms with E-state index in [0.717, 1.165) is 12.2 Å². The first kappa shape index (κ1) is 20.1. The van der Waals surface area contributed by atoms with Crippen LogP contribution in [0.2, 0.25) is 0 Å². The van der Waals surface area contributed by atoms with Gasteiger partial charge in [0.2, 0.25) is 0 Å². The lowest BCUT2D eigenvalue weighted by Gasteiger charge is -2.08. The van der Waals surface area contributed by atoms with E-state index < -0.39 is 4.92 Å². The SMILES string of the molecule is C/C(=N/NC(=O)c1ccc(OCCC(C)C)cc1)c1ccc([N+](=O)[O-])cc1. The minimum absolute atomic E-state index is 0.00582. The second-order valence-corrected chi connectivity index (χ2v) is 6.50. The molecule has 7 heteroatoms. The average Bonchev–Trinajstić information content (AvgIpc) is 2.66. The van der Waals surface area contributed by atoms with E-state index in [2.05, 4.69) is 24.4 Å². The van der Waals surface area contributed by atoms with Gasteiger partial charge in [-0.2, -0.15) is 5.10 Å². The maximum atomic E-state index is 12.2. The number of nitrogens with zero attached hydrogens (tertiary/aromatic N) is 2. The molecule has 1 N–H and O–H groups in total. The fraction of sp³-hybridized carbons (Fsp3) is 0.300. The first-order chi connectivity index (χ1) is 12.9. The summed E-state index contributed by atoms with van der Waals surface area (Å²) >= 11 is 0. The van der Waals surface area contributed by atoms with Crippen molar-refractivity contribution in [3.63, 3.8) is 0 Å². The van der Waals surface area contributed by atoms with Crippen molar-refractivity contribution in [2.75, 3.05) is 6.61 Å². The molecule has 0 aliphatic heterocycles. The van der Waals surface area contributed by atoms with Gasteiger partial charge in [-0.15, -0.1) is 0 Å². The summed E-state index contributed by atoms with van der Waals surface area (Å²) in [4.78, 5) is 22.4. The third kappa shape index (κ3) is 6.22. The fourth-order valence-corrected chi connectivity index (χ4v) is 2.20. The van der Waals surface area contributed by atoms with Crippen molar-refractivity contribution >= 4 is 17.3 Å². The molecule has 0 aliphatic carbocycles. The van der Waals surface area contributed by atoms with Gasteiger partial charge in [0, 0.05) is 17.7 Å². The number of carbonyl (C=O) groups is 1. The molecule has 0 saturated carbocycles. The van der Waals surface area contributed by atoms with Crippen molar-refractivity contribution in [3.8, 4) is 5.75 Å². The summed E-state index contributed by atoms with van der Waals surface area (Å²) < 4.78 is 5.63. The Morgan fingerprint density at radius 1 is 1.11 bits per heavy atom. The molecule has 2 aromatic carbocycles. The van der Waals surface area contributed by atoms with Gasteiger partial charge in [0.05, 0.1) is 17.2 Å². The molecule has 0 bridgehead atoms. The molecule has 1 amide bonds. The Labute approximate surface area is 158 Å². The Morgan fingerprint density at radius 2 is 1.70 bits per heavy atom. The minimum Gasteiger partial charge on any atom is -0.494 e. The van der Waals surface area contributed by atoms with Gasteiger partial charge in [-0.1, -0.05) is 13.8 Å². The van der Waals surface area contributed by atoms with Crippen LogP contribution in [-0.2, 0) is 0 Å². The molecule has 142 valence electrons. The zero-order valence-corrected chi connectivity index (χ0v) is 15.6. The zero-order valence-electron chi connectivity index (χ0n) is 15.6. The minimum atomic E-state index is -0.464. The number of hydrogen-bond donors (Lipinski definition) is 1. The number of nitrogens with one attached hydrogen (secondary N) is 1. The largest absolute Gasteiger partial charge is 0.494 e. The molecular formula is C20H23N3O4. The fourth-order valence-electron chi connectivity index (χ4n) is 2.20. The lowest BCUT2D eigenvalue weighted by molar-refractivity contribution is -0.384. The van der Waals surface area contributed by atoms with E-state index in [-0.39, 0.29) is 11.6 Å². The quantitative estimate of drug-likeness (QED) is 0.429. The van der Waals surface area contributed by atoms with Gasteiger partial charge in [-0.05, 0) is 61.2 Å². The number of non-ortho nitro benzene ring substituents is 1. The number of nitro groups is 1. The van der Waals surface area contributed by atoms with Crippen molar-refractivity contribution < 1.29 is 14.5 Å². The molecule has 27 heavy (non-hydrogen) atoms. The summed E-state index contributed by atoms with van der Waals surface area (Å²) in [5.41, 5.74) is 4.19. The van der Waals surface area contributed by atoms with Crippen molar-refractivity contribution in [3.05, 3.63) is 69.8 Å². The standard InChI is InChI=1S/C20H23N3O4/c1-14(2)12-13-27-19-10-6-17(7-11-19)20(24)22-21-15(3)16-4-8-18(9-5-16)23(25)26/h4-11,14H,12-13H2,1-3H3,(H,22,24)/b21-15-. The highest BCUT2D eigenvalue weighted by Crippen LogP contribution is 2.14. The van der Waals surface area contributed by atoms with Crippen LogP contribution in [0, 0.1) is 16.0 Å². The summed E-state index contributed by atoms with van der Waals surface area (Å²) in [6.45, 7) is 6.63. The first-order valence-corrected chi connectivity index (χ1v) is 8.69. The molecule has 0 unspecified atom stereocenters. The number of hydrazone groups is 1. The van der Waals surface area contributed by atoms with Crippen LogP contribution in [0.1, 0.15) is 43.1 Å². The first-order valence-electron chi connectivity index (χ1n) is 8.69. The maximum Gasteiger partial charge on any atom is 0.271 e. The number of benzene rings is 2. The number of carbonyl (C=O) groups excluding carboxylic acids is 1. The molecule has 7 nitrogen and oxygen atoms in total. The predicted octanol–water partition coefficient (Wildman–Crippen LogP) is 4.17. The lowest BCUT2D eigenvalue weighted by atomic mass is 10.1. The van der Waals surface area contributed by atoms with Crippen LogP contribution in [0.15, 0.2) is 53.6 Å². The highest BCUT2D eigenvalue weighted by Gasteiger charge is 2.08. The summed E-state index contributed by atoms with van der Waals surface area (Å²) in [6, 6.07) is 12.8. The van der Waals surface area contributed by atoms with E-state index in [1.54, 1.807) is 43.3 Å². The molecule has 0 atom stereocenters. The van der Waals surface area contributed by atoms with E-state index in [0.29, 0.717) is 29.4 Å². The third-order valence-corrected chi connectivity index (χ3v) is 3.90. The van der Waals surface area contributed by atoms with Crippen LogP contribution in [0.5, 0.6) is 5.75 Å². The second kappa shape index (κ2) is 9.47. The third-order valence-electron chi connectivity index (χ3n) is 3.90. The molecule has 0 heterocycles. The van der Waals surface area contributed by atoms with E-state index in [4.69, 9.17) is 4.74 Å². The topological polar surface area (TPSA) is 93.8 Å². The average molecular weight is 369 g/mol. The summed E-state index contributed by atoms with van der Waals surface area (Å²) in [6.07, 6.45) is 0.971. The molecule has 2 aromatic rings. The molecule has 0 saturated heterocycles. The van der Waals surface area contributed by atoms with Gasteiger partial charge < -0.3 is 4.74 Å². The van der Waals surface area contributed by atoms with Gasteiger partial charge in [0.25, 0.3) is 11.6 Å². The Hall–Kier alpha value is -3.22. The van der Waals surface area contributed by atoms with Crippen LogP contribution in [0.4, 0.5) is 5.69 Å². The number of hydrogen-bond acceptors (Lipinski definition) is 5. The van der Waals surface area contributed by atoms with Crippen LogP contribution in [-0.4, -0.2) is 23.1 Å². The highest BCUT2D eigenvalue weighted by atomic mass is 16.6. The van der Waals surface area contributed by atoms with Crippen LogP contribution in [0.25, 0.3) is 0 Å². The molecular weight excluding hydrogens is 346 g/mol. The van der Waals surface area contributed by atoms with E-state index >= 15 is 0 Å². The summed E-state index contributed by atoms with van der Waals surface area (Å²) in [7, 11) is 0. The zero-order chi connectivity index (χ0) is 19.8. The molecule has 0 fully saturated rings. The Morgan fingerprint density at radius 3 is 2.26 bits per heavy atom. The molecule has 0 spiro atoms. The van der Waals surface area contributed by atoms with Gasteiger partial charge in [0.1, 0.15) is 5.75 Å². The molecule has 0 radical (unpaired) electrons. The Bertz CT molecular complexity index is 812. The molecule has 2 rings (SSSR count). The van der Waals surface area contributed by atoms with E-state index in [1.807, 2.05) is 0 Å². The summed E-state index contributed by atoms with van der Waals surface area (Å²) in [5, 5.41) is 14.7. The van der Waals surface area contributed by atoms with Crippen LogP contribution in [0.3, 0.4) is 0 Å². The van der Waals surface area contributed by atoms with Crippen LogP contribution < -0.4 is 10.2 Å². The number of rotatable bonds is 8. The Kier molecular flexibility index (Phi) is 7.05. The van der Waals surface area contributed by atoms with E-state index in [9.17, 15) is 14.9 Å². The van der Waals surface area contributed by atoms with E-state index in [1.165, 1.54) is 12.1 Å². The van der Waals surface area contributed by atoms with Gasteiger partial charge in [-0.25, -0.2) is 5.43 Å². The smallest absolute Gasteiger partial charge is 0.271 e. The lowest BCUT2D eigenvalue weighted by Crippen LogP contribution is -2.19. The summed E-state index contributed by atoms with van der Waals surface area (Å²) in [5.74, 6) is 0.953. The number of amides is 1. The van der Waals surface area contributed by atoms with Crippen molar-refractivity contribution in [2.45, 2.75) is 27.2 Å². The highest BCUT2D eigenvalue weighted by molar-refractivity contribution is 6.01. The van der Waals surface area contributed by atoms with Gasteiger partial charge in [0.15, 0.2) is 0 Å². The molecule has 0 aliphatic rings. The van der Waals surface area contributed by atoms with Gasteiger partial charge >= 0.3 is 0 Å². The van der Waals surface area contributed by atoms with Gasteiger partial charge in [-0.3, -0.25) is 14.9 Å². The number of ether oxygens (including phenoxy) is 1. The van der Waals surface area contributed by atoms with Crippen molar-refractivity contribution in [1.82, 2.24) is 5.43 Å². The van der Waals surface area contributed by atoms with Crippen LogP contribution >= 0.6 is 0 Å². The second-order valence-electron chi connectivity index (χ2n) is 6.50. The Balaban J connectivity index is 1.93. The maximum absolute atomic E-state index is 12.2. The van der Waals surface area contributed by atoms with Crippen molar-refractivity contribution in [2.24, 2.45) is 11.0 Å². The van der Waals surface area contributed by atoms with Crippen molar-refractivity contribution in [1.29, 1.82) is 0 Å². The molecule has 0 aromatic heterocycles. The monoisotopic (exact) mass is 369 g/mol. The number of nitro benzene ring substituents is 1. The predicted molar refractivity (Wildman–Crippen MR) is 104 cm³/mol.